The van der Waals surface area contributed by atoms with E-state index >= 15 is 0 Å². The molecule has 0 saturated carbocycles. The van der Waals surface area contributed by atoms with Gasteiger partial charge in [0.2, 0.25) is 29.5 Å². The number of piperidine rings is 1. The summed E-state index contributed by atoms with van der Waals surface area (Å²) in [5.74, 6) is -1.17. The molecule has 3 saturated heterocycles. The van der Waals surface area contributed by atoms with E-state index in [0.717, 1.165) is 73.7 Å². The normalized spacial score (nSPS) is 17.6. The van der Waals surface area contributed by atoms with Gasteiger partial charge in [0, 0.05) is 81.8 Å². The molecule has 5 N–H and O–H groups in total. The van der Waals surface area contributed by atoms with Gasteiger partial charge in [-0.3, -0.25) is 28.9 Å². The quantitative estimate of drug-likeness (QED) is 0.0302. The van der Waals surface area contributed by atoms with Crippen LogP contribution >= 0.6 is 22.9 Å². The van der Waals surface area contributed by atoms with Gasteiger partial charge in [-0.1, -0.05) is 63.2 Å². The first-order valence-corrected chi connectivity index (χ1v) is 29.2. The molecule has 0 aliphatic carbocycles. The minimum absolute atomic E-state index is 0.000323. The molecule has 3 aliphatic rings. The number of benzene rings is 3. The first-order valence-electron chi connectivity index (χ1n) is 28.0. The molecule has 1 unspecified atom stereocenters. The Morgan fingerprint density at radius 1 is 0.915 bits per heavy atom. The van der Waals surface area contributed by atoms with E-state index in [1.54, 1.807) is 29.5 Å². The summed E-state index contributed by atoms with van der Waals surface area (Å²) in [6, 6.07) is 14.2. The van der Waals surface area contributed by atoms with Crippen LogP contribution in [-0.2, 0) is 40.0 Å². The number of carbonyl (C=O) groups excluding carboxylic acids is 5. The topological polar surface area (TPSA) is 233 Å². The third-order valence-corrected chi connectivity index (χ3v) is 16.3. The molecule has 3 aromatic carbocycles. The molecule has 8 rings (SSSR count). The summed E-state index contributed by atoms with van der Waals surface area (Å²) in [6.45, 7) is 18.3. The Hall–Kier alpha value is -6.66. The Kier molecular flexibility index (Phi) is 21.7. The van der Waals surface area contributed by atoms with Crippen molar-refractivity contribution in [1.29, 1.82) is 0 Å². The van der Waals surface area contributed by atoms with Crippen LogP contribution in [0.1, 0.15) is 70.6 Å². The first kappa shape index (κ1) is 61.4. The van der Waals surface area contributed by atoms with Crippen molar-refractivity contribution < 1.29 is 47.7 Å². The van der Waals surface area contributed by atoms with E-state index in [2.05, 4.69) is 52.6 Å². The number of fused-ring (bicyclic) bond motifs is 1. The van der Waals surface area contributed by atoms with Crippen LogP contribution in [0.25, 0.3) is 21.3 Å². The number of halogens is 2. The van der Waals surface area contributed by atoms with Crippen molar-refractivity contribution in [3.63, 3.8) is 0 Å². The molecule has 0 bridgehead atoms. The molecule has 82 heavy (non-hydrogen) atoms. The van der Waals surface area contributed by atoms with Crippen molar-refractivity contribution in [2.24, 2.45) is 5.41 Å². The van der Waals surface area contributed by atoms with Gasteiger partial charge in [0.15, 0.2) is 0 Å². The highest BCUT2D eigenvalue weighted by Gasteiger charge is 2.44. The second-order valence-electron chi connectivity index (χ2n) is 21.9. The van der Waals surface area contributed by atoms with Gasteiger partial charge in [-0.25, -0.2) is 19.3 Å². The van der Waals surface area contributed by atoms with Crippen LogP contribution in [0, 0.1) is 18.2 Å². The number of hydrogen-bond acceptors (Lipinski definition) is 16. The molecule has 3 aliphatic heterocycles. The van der Waals surface area contributed by atoms with E-state index in [1.807, 2.05) is 62.4 Å². The van der Waals surface area contributed by atoms with Crippen molar-refractivity contribution in [2.45, 2.75) is 97.0 Å². The fourth-order valence-electron chi connectivity index (χ4n) is 10.4. The summed E-state index contributed by atoms with van der Waals surface area (Å²) in [5, 5.41) is 23.0. The smallest absolute Gasteiger partial charge is 0.247 e. The number of amides is 5. The summed E-state index contributed by atoms with van der Waals surface area (Å²) >= 11 is 7.56. The second-order valence-corrected chi connectivity index (χ2v) is 23.2. The van der Waals surface area contributed by atoms with Crippen molar-refractivity contribution in [2.75, 3.05) is 96.0 Å². The molecule has 23 heteroatoms. The molecule has 0 spiro atoms. The minimum Gasteiger partial charge on any atom is -0.491 e. The lowest BCUT2D eigenvalue weighted by Gasteiger charge is -2.42. The summed E-state index contributed by atoms with van der Waals surface area (Å²) in [7, 11) is 0. The van der Waals surface area contributed by atoms with Crippen LogP contribution < -0.4 is 26.0 Å². The van der Waals surface area contributed by atoms with E-state index in [0.29, 0.717) is 59.6 Å². The van der Waals surface area contributed by atoms with Gasteiger partial charge in [0.25, 0.3) is 0 Å². The number of hydrogen-bond donors (Lipinski definition) is 5. The lowest BCUT2D eigenvalue weighted by atomic mass is 9.85. The summed E-state index contributed by atoms with van der Waals surface area (Å²) in [4.78, 5) is 88.6. The number of carbonyl (C=O) groups is 5. The van der Waals surface area contributed by atoms with Crippen molar-refractivity contribution >= 4 is 80.6 Å². The predicted molar refractivity (Wildman–Crippen MR) is 313 cm³/mol. The largest absolute Gasteiger partial charge is 0.491 e. The first-order chi connectivity index (χ1) is 39.4. The number of nitrogens with one attached hydrogen (secondary N) is 4. The van der Waals surface area contributed by atoms with E-state index in [4.69, 9.17) is 25.8 Å². The van der Waals surface area contributed by atoms with Crippen LogP contribution in [-0.4, -0.2) is 179 Å². The van der Waals surface area contributed by atoms with E-state index < -0.39 is 41.2 Å². The molecule has 5 amide bonds. The van der Waals surface area contributed by atoms with Crippen molar-refractivity contribution in [3.05, 3.63) is 101 Å². The van der Waals surface area contributed by atoms with Gasteiger partial charge >= 0.3 is 0 Å². The molecule has 0 radical (unpaired) electrons. The monoisotopic (exact) mass is 1170 g/mol. The Bertz CT molecular complexity index is 3020. The lowest BCUT2D eigenvalue weighted by molar-refractivity contribution is -0.144. The average molecular weight is 1170 g/mol. The molecule has 3 fully saturated rings. The zero-order valence-corrected chi connectivity index (χ0v) is 48.7. The molecule has 440 valence electrons. The Morgan fingerprint density at radius 2 is 1.65 bits per heavy atom. The maximum atomic E-state index is 14.0. The molecular weight excluding hydrogens is 1090 g/mol. The summed E-state index contributed by atoms with van der Waals surface area (Å²) in [6.07, 6.45) is 4.91. The number of anilines is 3. The third kappa shape index (κ3) is 16.8. The van der Waals surface area contributed by atoms with Gasteiger partial charge in [-0.15, -0.1) is 11.3 Å². The highest BCUT2D eigenvalue weighted by molar-refractivity contribution is 7.13. The van der Waals surface area contributed by atoms with Gasteiger partial charge in [0.05, 0.1) is 77.9 Å². The van der Waals surface area contributed by atoms with Gasteiger partial charge < -0.3 is 55.3 Å². The Labute approximate surface area is 487 Å². The molecular formula is C59H75ClFN11O9S. The molecule has 20 nitrogen and oxygen atoms in total. The number of rotatable bonds is 25. The van der Waals surface area contributed by atoms with E-state index in [-0.39, 0.29) is 81.5 Å². The average Bonchev–Trinajstić information content (AvgIpc) is 4.14. The highest BCUT2D eigenvalue weighted by atomic mass is 35.5. The molecule has 2 aromatic heterocycles. The van der Waals surface area contributed by atoms with Crippen LogP contribution in [0.5, 0.6) is 5.75 Å². The molecule has 5 heterocycles. The van der Waals surface area contributed by atoms with Crippen molar-refractivity contribution in [1.82, 2.24) is 45.2 Å². The number of piperazine rings is 1. The fraction of sp³-hybridized carbons (Fsp3) is 0.492. The fourth-order valence-corrected chi connectivity index (χ4v) is 11.4. The number of likely N-dealkylation sites (tertiary alicyclic amines) is 2. The molecule has 5 aromatic rings. The number of aliphatic hydroxyl groups excluding tert-OH is 1. The van der Waals surface area contributed by atoms with Crippen LogP contribution in [0.2, 0.25) is 5.02 Å². The summed E-state index contributed by atoms with van der Waals surface area (Å²) in [5.41, 5.74) is 5.55. The van der Waals surface area contributed by atoms with Crippen LogP contribution in [0.3, 0.4) is 0 Å². The summed E-state index contributed by atoms with van der Waals surface area (Å²) < 4.78 is 31.4. The lowest BCUT2D eigenvalue weighted by Crippen LogP contribution is -2.57. The Morgan fingerprint density at radius 3 is 2.33 bits per heavy atom. The van der Waals surface area contributed by atoms with Gasteiger partial charge in [-0.05, 0) is 86.2 Å². The number of aliphatic hydroxyl groups is 1. The number of thiazole rings is 1. The minimum atomic E-state index is -0.951. The van der Waals surface area contributed by atoms with E-state index in [9.17, 15) is 33.5 Å². The maximum absolute atomic E-state index is 14.0. The number of aryl methyl sites for hydroxylation is 1. The maximum Gasteiger partial charge on any atom is 0.247 e. The SMILES string of the molecule is C=CC(=O)Nc1cc2c(Nc3ccc(F)c(Cl)c3)ncnc2cc1OCCCN1CCC(N2CCN(C(=O)CCOCCOCCC(=O)NC(C(=O)N3C[C@H](O)C[C@H]3C(=O)NCc3ccc(-c4scnc4C)cc3)C(C)(C)C)CC2)CC1. The predicted octanol–water partition coefficient (Wildman–Crippen LogP) is 6.72. The Balaban J connectivity index is 0.674. The van der Waals surface area contributed by atoms with Crippen LogP contribution in [0.4, 0.5) is 21.6 Å². The van der Waals surface area contributed by atoms with E-state index in [1.165, 1.54) is 29.4 Å². The third-order valence-electron chi connectivity index (χ3n) is 15.0. The molecule has 3 atom stereocenters. The van der Waals surface area contributed by atoms with Gasteiger partial charge in [-0.2, -0.15) is 0 Å². The highest BCUT2D eigenvalue weighted by Crippen LogP contribution is 2.35. The zero-order valence-electron chi connectivity index (χ0n) is 47.1. The second kappa shape index (κ2) is 29.0. The van der Waals surface area contributed by atoms with Crippen molar-refractivity contribution in [3.8, 4) is 16.2 Å². The number of aromatic nitrogens is 3. The standard InChI is InChI=1S/C59H75ClFN11O9S/c1-6-51(74)67-48-32-44-47(63-36-64-56(44)66-41-12-13-46(61)45(60)30-41)33-50(48)81-25-7-18-69-19-14-42(15-20-69)70-21-23-71(24-22-70)53(76)17-27-80-29-28-79-26-16-52(75)68-55(59(3,4)5)58(78)72-35-43(73)31-49(72)57(77)62-34-39-8-10-40(11-9-39)54-38(2)65-37-82-54/h6,8-13,30,32-33,36-37,42-43,49,55,73H,1,7,14-29,31,34-35H2,2-5H3,(H,62,77)(H,67,74)(H,68,75)(H,63,64,66)/t43-,49+,55?/m1/s1. The number of ether oxygens (including phenoxy) is 3. The zero-order chi connectivity index (χ0) is 58.3. The van der Waals surface area contributed by atoms with Gasteiger partial charge in [0.1, 0.15) is 35.8 Å². The van der Waals surface area contributed by atoms with Crippen LogP contribution in [0.15, 0.2) is 79.1 Å². The number of nitrogens with zero attached hydrogens (tertiary/aromatic N) is 7. The number of β-amino-alcohol motifs (C(OH)–C–C–N with tert-alkyl or cyclic N) is 1.